The predicted molar refractivity (Wildman–Crippen MR) is 117 cm³/mol. The monoisotopic (exact) mass is 451 g/mol. The predicted octanol–water partition coefficient (Wildman–Crippen LogP) is 4.42. The minimum absolute atomic E-state index is 0.143. The Morgan fingerprint density at radius 3 is 2.58 bits per heavy atom. The molecule has 0 radical (unpaired) electrons. The number of hydrogen-bond donors (Lipinski definition) is 1. The van der Waals surface area contributed by atoms with Crippen molar-refractivity contribution in [3.63, 3.8) is 0 Å². The first-order chi connectivity index (χ1) is 15.9. The Morgan fingerprint density at radius 2 is 1.82 bits per heavy atom. The van der Waals surface area contributed by atoms with Gasteiger partial charge in [-0.15, -0.1) is 0 Å². The fourth-order valence-electron chi connectivity index (χ4n) is 3.63. The Morgan fingerprint density at radius 1 is 1.06 bits per heavy atom. The number of para-hydroxylation sites is 1. The van der Waals surface area contributed by atoms with Crippen molar-refractivity contribution in [3.8, 4) is 17.2 Å². The normalized spacial score (nSPS) is 12.8. The third-order valence-corrected chi connectivity index (χ3v) is 5.40. The summed E-state index contributed by atoms with van der Waals surface area (Å²) >= 11 is 0. The summed E-state index contributed by atoms with van der Waals surface area (Å²) < 4.78 is 30.4. The van der Waals surface area contributed by atoms with Crippen molar-refractivity contribution in [3.05, 3.63) is 89.2 Å². The van der Waals surface area contributed by atoms with Crippen LogP contribution in [0, 0.1) is 5.82 Å². The van der Waals surface area contributed by atoms with Crippen LogP contribution in [-0.2, 0) is 11.3 Å². The zero-order valence-corrected chi connectivity index (χ0v) is 17.9. The number of amides is 1. The molecule has 0 fully saturated rings. The second-order valence-corrected chi connectivity index (χ2v) is 7.51. The average molecular weight is 451 g/mol. The van der Waals surface area contributed by atoms with Gasteiger partial charge in [0.15, 0.2) is 29.7 Å². The van der Waals surface area contributed by atoms with Gasteiger partial charge >= 0.3 is 5.97 Å². The molecule has 0 unspecified atom stereocenters. The molecular formula is C25H22FNO6. The summed E-state index contributed by atoms with van der Waals surface area (Å²) in [5.74, 6) is -1.84. The minimum atomic E-state index is -1.34. The molecule has 1 heterocycles. The molecule has 1 atom stereocenters. The first-order valence-electron chi connectivity index (χ1n) is 10.3. The fourth-order valence-corrected chi connectivity index (χ4v) is 3.63. The highest BCUT2D eigenvalue weighted by Crippen LogP contribution is 2.34. The highest BCUT2D eigenvalue weighted by molar-refractivity contribution is 5.91. The second-order valence-electron chi connectivity index (χ2n) is 7.51. The molecule has 3 aromatic carbocycles. The zero-order valence-electron chi connectivity index (χ0n) is 17.9. The summed E-state index contributed by atoms with van der Waals surface area (Å²) in [4.78, 5) is 26.2. The Hall–Kier alpha value is -4.07. The number of rotatable bonds is 8. The zero-order chi connectivity index (χ0) is 23.4. The van der Waals surface area contributed by atoms with Crippen molar-refractivity contribution >= 4 is 11.9 Å². The van der Waals surface area contributed by atoms with Crippen molar-refractivity contribution in [2.24, 2.45) is 0 Å². The van der Waals surface area contributed by atoms with Crippen LogP contribution in [0.25, 0.3) is 0 Å². The lowest BCUT2D eigenvalue weighted by Crippen LogP contribution is -2.36. The second kappa shape index (κ2) is 9.60. The molecule has 1 N–H and O–H groups in total. The van der Waals surface area contributed by atoms with Gasteiger partial charge in [-0.05, 0) is 42.3 Å². The van der Waals surface area contributed by atoms with E-state index in [9.17, 15) is 19.1 Å². The number of nitrogens with zero attached hydrogens (tertiary/aromatic N) is 1. The Bertz CT molecular complexity index is 1170. The van der Waals surface area contributed by atoms with Gasteiger partial charge in [-0.2, -0.15) is 0 Å². The molecule has 4 rings (SSSR count). The van der Waals surface area contributed by atoms with Gasteiger partial charge in [0.25, 0.3) is 5.91 Å². The third-order valence-electron chi connectivity index (χ3n) is 5.40. The highest BCUT2D eigenvalue weighted by Gasteiger charge is 2.25. The molecule has 8 heteroatoms. The number of benzene rings is 3. The lowest BCUT2D eigenvalue weighted by Gasteiger charge is -2.30. The number of aromatic carboxylic acids is 1. The Kier molecular flexibility index (Phi) is 6.44. The maximum absolute atomic E-state index is 14.2. The molecule has 1 aliphatic rings. The van der Waals surface area contributed by atoms with Crippen LogP contribution in [0.2, 0.25) is 0 Å². The molecule has 0 saturated carbocycles. The van der Waals surface area contributed by atoms with Crippen molar-refractivity contribution in [1.82, 2.24) is 4.90 Å². The highest BCUT2D eigenvalue weighted by atomic mass is 19.1. The van der Waals surface area contributed by atoms with Gasteiger partial charge in [-0.25, -0.2) is 9.18 Å². The van der Waals surface area contributed by atoms with Crippen LogP contribution in [0.1, 0.15) is 34.5 Å². The van der Waals surface area contributed by atoms with Gasteiger partial charge in [-0.3, -0.25) is 4.79 Å². The van der Waals surface area contributed by atoms with Crippen molar-refractivity contribution < 1.29 is 33.3 Å². The van der Waals surface area contributed by atoms with E-state index in [-0.39, 0.29) is 24.9 Å². The fraction of sp³-hybridized carbons (Fsp3) is 0.200. The summed E-state index contributed by atoms with van der Waals surface area (Å²) in [6, 6.07) is 18.1. The molecule has 0 aromatic heterocycles. The lowest BCUT2D eigenvalue weighted by molar-refractivity contribution is -0.136. The standard InChI is InChI=1S/C25H22FNO6/c1-16(18-6-3-2-4-7-18)27(13-17-10-11-21-22(12-17)33-15-32-21)23(28)14-31-24-19(25(29)30)8-5-9-20(24)26/h2-12,16H,13-15H2,1H3,(H,29,30)/t16-/m1/s1. The van der Waals surface area contributed by atoms with Crippen LogP contribution in [0.3, 0.4) is 0 Å². The number of halogens is 1. The summed E-state index contributed by atoms with van der Waals surface area (Å²) in [6.07, 6.45) is 0. The summed E-state index contributed by atoms with van der Waals surface area (Å²) in [7, 11) is 0. The van der Waals surface area contributed by atoms with Crippen LogP contribution in [-0.4, -0.2) is 35.3 Å². The van der Waals surface area contributed by atoms with E-state index in [1.54, 1.807) is 17.0 Å². The van der Waals surface area contributed by atoms with Crippen LogP contribution in [0.5, 0.6) is 17.2 Å². The summed E-state index contributed by atoms with van der Waals surface area (Å²) in [6.45, 7) is 1.73. The number of hydrogen-bond acceptors (Lipinski definition) is 5. The average Bonchev–Trinajstić information content (AvgIpc) is 3.29. The van der Waals surface area contributed by atoms with E-state index in [4.69, 9.17) is 14.2 Å². The third kappa shape index (κ3) is 4.90. The van der Waals surface area contributed by atoms with Crippen molar-refractivity contribution in [1.29, 1.82) is 0 Å². The van der Waals surface area contributed by atoms with Gasteiger partial charge < -0.3 is 24.2 Å². The number of carbonyl (C=O) groups excluding carboxylic acids is 1. The van der Waals surface area contributed by atoms with Gasteiger partial charge in [0.2, 0.25) is 6.79 Å². The molecule has 0 saturated heterocycles. The molecule has 0 spiro atoms. The lowest BCUT2D eigenvalue weighted by atomic mass is 10.1. The molecule has 3 aromatic rings. The van der Waals surface area contributed by atoms with Gasteiger partial charge in [0.1, 0.15) is 5.56 Å². The maximum atomic E-state index is 14.2. The smallest absolute Gasteiger partial charge is 0.339 e. The van der Waals surface area contributed by atoms with Crippen LogP contribution in [0.15, 0.2) is 66.7 Å². The quantitative estimate of drug-likeness (QED) is 0.546. The van der Waals surface area contributed by atoms with Crippen molar-refractivity contribution in [2.45, 2.75) is 19.5 Å². The van der Waals surface area contributed by atoms with Crippen LogP contribution in [0.4, 0.5) is 4.39 Å². The van der Waals surface area contributed by atoms with E-state index in [1.807, 2.05) is 43.3 Å². The molecule has 170 valence electrons. The number of fused-ring (bicyclic) bond motifs is 1. The summed E-state index contributed by atoms with van der Waals surface area (Å²) in [5.41, 5.74) is 1.37. The maximum Gasteiger partial charge on any atom is 0.339 e. The van der Waals surface area contributed by atoms with E-state index < -0.39 is 30.1 Å². The number of carboxylic acids is 1. The SMILES string of the molecule is C[C@H](c1ccccc1)N(Cc1ccc2c(c1)OCO2)C(=O)COc1c(F)cccc1C(=O)O. The summed E-state index contributed by atoms with van der Waals surface area (Å²) in [5, 5.41) is 9.31. The number of carbonyl (C=O) groups is 2. The number of ether oxygens (including phenoxy) is 3. The molecule has 0 bridgehead atoms. The molecule has 33 heavy (non-hydrogen) atoms. The van der Waals surface area contributed by atoms with Crippen LogP contribution >= 0.6 is 0 Å². The van der Waals surface area contributed by atoms with Crippen LogP contribution < -0.4 is 14.2 Å². The van der Waals surface area contributed by atoms with E-state index in [1.165, 1.54) is 12.1 Å². The van der Waals surface area contributed by atoms with Gasteiger partial charge in [0.05, 0.1) is 6.04 Å². The molecule has 1 amide bonds. The Labute approximate surface area is 189 Å². The van der Waals surface area contributed by atoms with Gasteiger partial charge in [-0.1, -0.05) is 42.5 Å². The Balaban J connectivity index is 1.58. The molecule has 0 aliphatic carbocycles. The van der Waals surface area contributed by atoms with E-state index >= 15 is 0 Å². The largest absolute Gasteiger partial charge is 0.480 e. The molecule has 7 nitrogen and oxygen atoms in total. The van der Waals surface area contributed by atoms with E-state index in [2.05, 4.69) is 0 Å². The van der Waals surface area contributed by atoms with E-state index in [0.29, 0.717) is 11.5 Å². The first-order valence-corrected chi connectivity index (χ1v) is 10.3. The topological polar surface area (TPSA) is 85.3 Å². The van der Waals surface area contributed by atoms with E-state index in [0.717, 1.165) is 17.2 Å². The first kappa shape index (κ1) is 22.1. The van der Waals surface area contributed by atoms with Crippen molar-refractivity contribution in [2.75, 3.05) is 13.4 Å². The molecular weight excluding hydrogens is 429 g/mol. The molecule has 1 aliphatic heterocycles. The minimum Gasteiger partial charge on any atom is -0.480 e. The number of carboxylic acid groups (broad SMARTS) is 1. The van der Waals surface area contributed by atoms with Gasteiger partial charge in [0, 0.05) is 6.54 Å².